The number of rotatable bonds is 6. The lowest BCUT2D eigenvalue weighted by Crippen LogP contribution is -2.14. The largest absolute Gasteiger partial charge is 0.263 e. The lowest BCUT2D eigenvalue weighted by molar-refractivity contribution is 0.660. The van der Waals surface area contributed by atoms with Crippen LogP contribution in [0.5, 0.6) is 0 Å². The van der Waals surface area contributed by atoms with Crippen molar-refractivity contribution in [3.8, 4) is 72.7 Å². The molecule has 5 heterocycles. The van der Waals surface area contributed by atoms with Crippen molar-refractivity contribution in [1.82, 2.24) is 34.9 Å². The van der Waals surface area contributed by atoms with Crippen LogP contribution in [-0.4, -0.2) is 34.9 Å². The van der Waals surface area contributed by atoms with Crippen LogP contribution in [0.4, 0.5) is 0 Å². The molecule has 0 saturated heterocycles. The number of fused-ring (bicyclic) bond motifs is 4. The van der Waals surface area contributed by atoms with Gasteiger partial charge in [0.25, 0.3) is 0 Å². The van der Waals surface area contributed by atoms with E-state index >= 15 is 0 Å². The minimum atomic E-state index is -0.0599. The Kier molecular flexibility index (Phi) is 7.33. The Labute approximate surface area is 312 Å². The van der Waals surface area contributed by atoms with Crippen molar-refractivity contribution >= 4 is 11.0 Å². The monoisotopic (exact) mass is 695 g/mol. The highest BCUT2D eigenvalue weighted by atomic mass is 15.5. The molecule has 0 atom stereocenters. The highest BCUT2D eigenvalue weighted by Crippen LogP contribution is 2.49. The first kappa shape index (κ1) is 31.6. The molecule has 4 aromatic carbocycles. The maximum Gasteiger partial charge on any atom is 0.122 e. The summed E-state index contributed by atoms with van der Waals surface area (Å²) >= 11 is 0. The van der Waals surface area contributed by atoms with E-state index < -0.39 is 0 Å². The van der Waals surface area contributed by atoms with Gasteiger partial charge >= 0.3 is 0 Å². The van der Waals surface area contributed by atoms with E-state index in [1.165, 1.54) is 27.8 Å². The third kappa shape index (κ3) is 5.28. The smallest absolute Gasteiger partial charge is 0.122 e. The standard InChI is InChI=1S/C47H33N7/c1-47(2)41-10-4-3-9-39(41)40-18-15-31(25-42(40)47)30-13-16-36(17-14-30)54-52-45-37(32-23-34(28-48-26-32)43-11-5-7-21-50-43)19-20-38(46(45)53-54)33-24-35(29-49-27-33)44-12-6-8-22-51-44/h3-29H,1-2H3. The number of benzene rings is 4. The van der Waals surface area contributed by atoms with Gasteiger partial charge in [-0.3, -0.25) is 19.9 Å². The van der Waals surface area contributed by atoms with E-state index in [4.69, 9.17) is 10.2 Å². The molecule has 0 bridgehead atoms. The molecule has 256 valence electrons. The molecule has 9 aromatic rings. The minimum absolute atomic E-state index is 0.0599. The van der Waals surface area contributed by atoms with Crippen molar-refractivity contribution in [3.63, 3.8) is 0 Å². The zero-order valence-electron chi connectivity index (χ0n) is 29.7. The molecule has 0 radical (unpaired) electrons. The van der Waals surface area contributed by atoms with Gasteiger partial charge in [-0.25, -0.2) is 0 Å². The van der Waals surface area contributed by atoms with Gasteiger partial charge in [-0.1, -0.05) is 86.6 Å². The Hall–Kier alpha value is -7.12. The molecular weight excluding hydrogens is 663 g/mol. The summed E-state index contributed by atoms with van der Waals surface area (Å²) in [7, 11) is 0. The fourth-order valence-corrected chi connectivity index (χ4v) is 7.77. The highest BCUT2D eigenvalue weighted by Gasteiger charge is 2.35. The molecule has 5 aromatic heterocycles. The molecule has 0 amide bonds. The van der Waals surface area contributed by atoms with Gasteiger partial charge in [0.2, 0.25) is 0 Å². The molecule has 1 aliphatic carbocycles. The molecule has 54 heavy (non-hydrogen) atoms. The maximum absolute atomic E-state index is 5.15. The second kappa shape index (κ2) is 12.5. The molecule has 10 rings (SSSR count). The summed E-state index contributed by atoms with van der Waals surface area (Å²) in [5.41, 5.74) is 17.3. The van der Waals surface area contributed by atoms with Crippen molar-refractivity contribution in [2.45, 2.75) is 19.3 Å². The predicted octanol–water partition coefficient (Wildman–Crippen LogP) is 10.6. The molecule has 0 N–H and O–H groups in total. The average molecular weight is 696 g/mol. The van der Waals surface area contributed by atoms with Gasteiger partial charge in [0.15, 0.2) is 0 Å². The van der Waals surface area contributed by atoms with E-state index in [9.17, 15) is 0 Å². The highest BCUT2D eigenvalue weighted by molar-refractivity contribution is 6.01. The van der Waals surface area contributed by atoms with Crippen LogP contribution in [0.1, 0.15) is 25.0 Å². The number of hydrogen-bond donors (Lipinski definition) is 0. The summed E-state index contributed by atoms with van der Waals surface area (Å²) in [6.07, 6.45) is 11.0. The van der Waals surface area contributed by atoms with Crippen LogP contribution in [0.2, 0.25) is 0 Å². The van der Waals surface area contributed by atoms with E-state index in [2.05, 4.69) is 125 Å². The first-order chi connectivity index (χ1) is 26.5. The lowest BCUT2D eigenvalue weighted by atomic mass is 9.81. The van der Waals surface area contributed by atoms with Crippen LogP contribution < -0.4 is 0 Å². The molecule has 0 aliphatic heterocycles. The number of nitrogens with zero attached hydrogens (tertiary/aromatic N) is 7. The lowest BCUT2D eigenvalue weighted by Gasteiger charge is -2.22. The van der Waals surface area contributed by atoms with E-state index in [0.717, 1.165) is 67.1 Å². The van der Waals surface area contributed by atoms with Gasteiger partial charge in [-0.05, 0) is 88.0 Å². The third-order valence-corrected chi connectivity index (χ3v) is 10.6. The quantitative estimate of drug-likeness (QED) is 0.172. The van der Waals surface area contributed by atoms with Crippen LogP contribution in [0.15, 0.2) is 165 Å². The van der Waals surface area contributed by atoms with Crippen LogP contribution >= 0.6 is 0 Å². The van der Waals surface area contributed by atoms with Crippen LogP contribution in [0.25, 0.3) is 83.7 Å². The molecular formula is C47H33N7. The van der Waals surface area contributed by atoms with Crippen molar-refractivity contribution in [2.75, 3.05) is 0 Å². The van der Waals surface area contributed by atoms with Gasteiger partial charge in [-0.15, -0.1) is 10.2 Å². The topological polar surface area (TPSA) is 82.3 Å². The summed E-state index contributed by atoms with van der Waals surface area (Å²) in [5.74, 6) is 0. The predicted molar refractivity (Wildman–Crippen MR) is 215 cm³/mol. The van der Waals surface area contributed by atoms with Crippen LogP contribution in [0, 0.1) is 0 Å². The van der Waals surface area contributed by atoms with Gasteiger partial charge in [0.1, 0.15) is 11.0 Å². The number of pyridine rings is 4. The summed E-state index contributed by atoms with van der Waals surface area (Å²) in [4.78, 5) is 20.0. The molecule has 0 saturated carbocycles. The first-order valence-electron chi connectivity index (χ1n) is 18.0. The molecule has 0 fully saturated rings. The van der Waals surface area contributed by atoms with E-state index in [0.29, 0.717) is 0 Å². The Bertz CT molecular complexity index is 2720. The Balaban J connectivity index is 1.07. The Morgan fingerprint density at radius 2 is 0.944 bits per heavy atom. The van der Waals surface area contributed by atoms with Crippen molar-refractivity contribution in [2.24, 2.45) is 0 Å². The molecule has 0 spiro atoms. The summed E-state index contributed by atoms with van der Waals surface area (Å²) in [5, 5.41) is 10.3. The van der Waals surface area contributed by atoms with Gasteiger partial charge in [0.05, 0.1) is 17.1 Å². The zero-order valence-corrected chi connectivity index (χ0v) is 29.7. The van der Waals surface area contributed by atoms with Crippen molar-refractivity contribution in [3.05, 3.63) is 176 Å². The van der Waals surface area contributed by atoms with Gasteiger partial charge in [0, 0.05) is 76.0 Å². The van der Waals surface area contributed by atoms with Gasteiger partial charge in [-0.2, -0.15) is 4.80 Å². The summed E-state index contributed by atoms with van der Waals surface area (Å²) in [6.45, 7) is 4.63. The van der Waals surface area contributed by atoms with E-state index in [-0.39, 0.29) is 5.41 Å². The second-order valence-corrected chi connectivity index (χ2v) is 14.2. The average Bonchev–Trinajstić information content (AvgIpc) is 3.78. The molecule has 1 aliphatic rings. The van der Waals surface area contributed by atoms with Crippen LogP contribution in [-0.2, 0) is 5.41 Å². The second-order valence-electron chi connectivity index (χ2n) is 14.2. The fourth-order valence-electron chi connectivity index (χ4n) is 7.77. The Morgan fingerprint density at radius 3 is 1.54 bits per heavy atom. The molecule has 7 heteroatoms. The van der Waals surface area contributed by atoms with Crippen LogP contribution in [0.3, 0.4) is 0 Å². The fraction of sp³-hybridized carbons (Fsp3) is 0.0638. The van der Waals surface area contributed by atoms with Crippen molar-refractivity contribution < 1.29 is 0 Å². The maximum atomic E-state index is 5.15. The normalized spacial score (nSPS) is 12.8. The molecule has 7 nitrogen and oxygen atoms in total. The minimum Gasteiger partial charge on any atom is -0.263 e. The number of aromatic nitrogens is 7. The Morgan fingerprint density at radius 1 is 0.426 bits per heavy atom. The van der Waals surface area contributed by atoms with E-state index in [1.807, 2.05) is 61.2 Å². The SMILES string of the molecule is CC1(C)c2ccccc2-c2ccc(-c3ccc(-n4nc5c(-c6cncc(-c7ccccn7)c6)ccc(-c6cncc(-c7ccccn7)c6)c5n4)cc3)cc21. The van der Waals surface area contributed by atoms with Crippen molar-refractivity contribution in [1.29, 1.82) is 0 Å². The van der Waals surface area contributed by atoms with Gasteiger partial charge < -0.3 is 0 Å². The first-order valence-corrected chi connectivity index (χ1v) is 18.0. The van der Waals surface area contributed by atoms with E-state index in [1.54, 1.807) is 17.2 Å². The number of hydrogen-bond acceptors (Lipinski definition) is 6. The third-order valence-electron chi connectivity index (χ3n) is 10.6. The summed E-state index contributed by atoms with van der Waals surface area (Å²) in [6, 6.07) is 44.3. The summed E-state index contributed by atoms with van der Waals surface area (Å²) < 4.78 is 0. The zero-order chi connectivity index (χ0) is 36.2. The molecule has 0 unspecified atom stereocenters.